The number of carboxylic acids is 1. The topological polar surface area (TPSA) is 58.6 Å². The van der Waals surface area contributed by atoms with Gasteiger partial charge in [0.1, 0.15) is 17.9 Å². The number of nitrogens with one attached hydrogen (secondary N) is 1. The van der Waals surface area contributed by atoms with Crippen LogP contribution in [0.4, 0.5) is 5.69 Å². The first kappa shape index (κ1) is 23.3. The minimum atomic E-state index is -1.02. The third-order valence-electron chi connectivity index (χ3n) is 7.14. The Labute approximate surface area is 214 Å². The molecule has 0 atom stereocenters. The van der Waals surface area contributed by atoms with Gasteiger partial charge in [-0.1, -0.05) is 76.3 Å². The molecule has 0 amide bonds. The molecule has 1 fully saturated rings. The fourth-order valence-corrected chi connectivity index (χ4v) is 5.70. The van der Waals surface area contributed by atoms with E-state index >= 15 is 0 Å². The second-order valence-corrected chi connectivity index (χ2v) is 10.1. The third kappa shape index (κ3) is 4.59. The van der Waals surface area contributed by atoms with E-state index in [4.69, 9.17) is 4.74 Å². The number of ether oxygens (including phenoxy) is 1. The van der Waals surface area contributed by atoms with Crippen molar-refractivity contribution >= 4 is 33.7 Å². The lowest BCUT2D eigenvalue weighted by Crippen LogP contribution is -2.52. The minimum Gasteiger partial charge on any atom is -0.481 e. The van der Waals surface area contributed by atoms with Crippen LogP contribution in [0.15, 0.2) is 88.9 Å². The van der Waals surface area contributed by atoms with Crippen molar-refractivity contribution in [3.05, 3.63) is 100 Å². The van der Waals surface area contributed by atoms with Gasteiger partial charge in [0.2, 0.25) is 0 Å². The molecule has 35 heavy (non-hydrogen) atoms. The molecule has 0 bridgehead atoms. The molecule has 2 aliphatic carbocycles. The lowest BCUT2D eigenvalue weighted by Gasteiger charge is -2.44. The van der Waals surface area contributed by atoms with Crippen LogP contribution in [0, 0.1) is 11.8 Å². The van der Waals surface area contributed by atoms with Crippen molar-refractivity contribution in [2.24, 2.45) is 0 Å². The highest BCUT2D eigenvalue weighted by molar-refractivity contribution is 9.10. The largest absolute Gasteiger partial charge is 0.481 e. The summed E-state index contributed by atoms with van der Waals surface area (Å²) in [5.41, 5.74) is 2.99. The lowest BCUT2D eigenvalue weighted by molar-refractivity contribution is -0.143. The van der Waals surface area contributed by atoms with Crippen LogP contribution in [0.1, 0.15) is 36.8 Å². The number of rotatable bonds is 5. The van der Waals surface area contributed by atoms with Gasteiger partial charge < -0.3 is 15.2 Å². The first-order valence-corrected chi connectivity index (χ1v) is 12.6. The van der Waals surface area contributed by atoms with Gasteiger partial charge in [-0.05, 0) is 73.2 Å². The molecular formula is C30H26BrNO3. The van der Waals surface area contributed by atoms with Crippen LogP contribution in [0.25, 0.3) is 6.08 Å². The second-order valence-electron chi connectivity index (χ2n) is 9.15. The van der Waals surface area contributed by atoms with Gasteiger partial charge in [-0.25, -0.2) is 4.79 Å². The molecule has 2 N–H and O–H groups in total. The molecular weight excluding hydrogens is 502 g/mol. The molecule has 0 aliphatic heterocycles. The van der Waals surface area contributed by atoms with Crippen molar-refractivity contribution in [2.45, 2.75) is 36.6 Å². The van der Waals surface area contributed by atoms with Crippen LogP contribution >= 0.6 is 15.9 Å². The fourth-order valence-electron chi connectivity index (χ4n) is 5.30. The number of anilines is 1. The fraction of sp³-hybridized carbons (Fsp3) is 0.233. The summed E-state index contributed by atoms with van der Waals surface area (Å²) in [6.45, 7) is 0.303. The Morgan fingerprint density at radius 2 is 1.71 bits per heavy atom. The molecule has 1 spiro atoms. The zero-order valence-electron chi connectivity index (χ0n) is 19.3. The number of aliphatic carboxylic acids is 1. The molecule has 3 aromatic rings. The maximum absolute atomic E-state index is 12.5. The number of hydrogen-bond donors (Lipinski definition) is 2. The Bertz CT molecular complexity index is 1330. The molecule has 1 saturated carbocycles. The molecule has 2 aliphatic rings. The summed E-state index contributed by atoms with van der Waals surface area (Å²) in [5.74, 6) is 6.56. The van der Waals surface area contributed by atoms with Crippen LogP contribution < -0.4 is 10.1 Å². The summed E-state index contributed by atoms with van der Waals surface area (Å²) in [6.07, 6.45) is 4.58. The van der Waals surface area contributed by atoms with Gasteiger partial charge in [-0.2, -0.15) is 0 Å². The standard InChI is InChI=1S/C30H26BrNO3/c31-24-10-6-11-25(21-24)32-30(28(33)34)17-15-29(16-18-30)23(20-22-8-4-5-14-27(22)29)9-7-19-35-26-12-2-1-3-13-26/h1-6,8,10-14,20-21,32H,15-19H2,(H,33,34). The van der Waals surface area contributed by atoms with Crippen LogP contribution in [-0.2, 0) is 10.2 Å². The average Bonchev–Trinajstić information content (AvgIpc) is 3.17. The molecule has 3 aromatic carbocycles. The highest BCUT2D eigenvalue weighted by atomic mass is 79.9. The number of halogens is 1. The van der Waals surface area contributed by atoms with Crippen molar-refractivity contribution in [2.75, 3.05) is 11.9 Å². The normalized spacial score (nSPS) is 22.5. The quantitative estimate of drug-likeness (QED) is 0.363. The first-order valence-electron chi connectivity index (χ1n) is 11.8. The summed E-state index contributed by atoms with van der Waals surface area (Å²) in [6, 6.07) is 25.7. The number of fused-ring (bicyclic) bond motifs is 2. The molecule has 5 rings (SSSR count). The number of allylic oxidation sites excluding steroid dienone is 1. The van der Waals surface area contributed by atoms with E-state index in [1.54, 1.807) is 0 Å². The summed E-state index contributed by atoms with van der Waals surface area (Å²) < 4.78 is 6.68. The molecule has 5 heteroatoms. The van der Waals surface area contributed by atoms with Crippen molar-refractivity contribution < 1.29 is 14.6 Å². The highest BCUT2D eigenvalue weighted by Gasteiger charge is 2.51. The van der Waals surface area contributed by atoms with E-state index in [2.05, 4.69) is 57.4 Å². The summed E-state index contributed by atoms with van der Waals surface area (Å²) >= 11 is 3.48. The zero-order valence-corrected chi connectivity index (χ0v) is 20.8. The van der Waals surface area contributed by atoms with Crippen molar-refractivity contribution in [1.82, 2.24) is 0 Å². The van der Waals surface area contributed by atoms with Gasteiger partial charge in [0.15, 0.2) is 0 Å². The Kier molecular flexibility index (Phi) is 6.40. The summed E-state index contributed by atoms with van der Waals surface area (Å²) in [7, 11) is 0. The molecule has 0 aromatic heterocycles. The zero-order chi connectivity index (χ0) is 24.3. The Morgan fingerprint density at radius 3 is 2.46 bits per heavy atom. The summed E-state index contributed by atoms with van der Waals surface area (Å²) in [5, 5.41) is 13.6. The number of carbonyl (C=O) groups is 1. The Balaban J connectivity index is 1.39. The van der Waals surface area contributed by atoms with Crippen molar-refractivity contribution in [3.63, 3.8) is 0 Å². The average molecular weight is 528 g/mol. The minimum absolute atomic E-state index is 0.270. The van der Waals surface area contributed by atoms with Gasteiger partial charge >= 0.3 is 5.97 Å². The maximum Gasteiger partial charge on any atom is 0.329 e. The van der Waals surface area contributed by atoms with Crippen LogP contribution in [0.2, 0.25) is 0 Å². The monoisotopic (exact) mass is 527 g/mol. The Hall–Kier alpha value is -3.49. The van der Waals surface area contributed by atoms with Crippen molar-refractivity contribution in [1.29, 1.82) is 0 Å². The van der Waals surface area contributed by atoms with E-state index in [1.807, 2.05) is 60.7 Å². The number of para-hydroxylation sites is 1. The van der Waals surface area contributed by atoms with E-state index in [0.29, 0.717) is 32.3 Å². The van der Waals surface area contributed by atoms with Crippen LogP contribution in [-0.4, -0.2) is 23.2 Å². The van der Waals surface area contributed by atoms with E-state index in [9.17, 15) is 9.90 Å². The first-order chi connectivity index (χ1) is 17.0. The molecule has 0 unspecified atom stereocenters. The lowest BCUT2D eigenvalue weighted by atomic mass is 9.62. The smallest absolute Gasteiger partial charge is 0.329 e. The van der Waals surface area contributed by atoms with Gasteiger partial charge in [0.05, 0.1) is 0 Å². The van der Waals surface area contributed by atoms with Gasteiger partial charge in [-0.15, -0.1) is 0 Å². The number of hydrogen-bond acceptors (Lipinski definition) is 3. The second kappa shape index (κ2) is 9.64. The number of benzene rings is 3. The van der Waals surface area contributed by atoms with Gasteiger partial charge in [0.25, 0.3) is 0 Å². The third-order valence-corrected chi connectivity index (χ3v) is 7.64. The summed E-state index contributed by atoms with van der Waals surface area (Å²) in [4.78, 5) is 12.5. The molecule has 176 valence electrons. The number of carboxylic acid groups (broad SMARTS) is 1. The van der Waals surface area contributed by atoms with E-state index in [-0.39, 0.29) is 5.41 Å². The van der Waals surface area contributed by atoms with Crippen molar-refractivity contribution in [3.8, 4) is 17.6 Å². The molecule has 0 heterocycles. The van der Waals surface area contributed by atoms with Crippen LogP contribution in [0.3, 0.4) is 0 Å². The van der Waals surface area contributed by atoms with Gasteiger partial charge in [-0.3, -0.25) is 0 Å². The Morgan fingerprint density at radius 1 is 0.971 bits per heavy atom. The molecule has 0 radical (unpaired) electrons. The van der Waals surface area contributed by atoms with E-state index < -0.39 is 11.5 Å². The van der Waals surface area contributed by atoms with E-state index in [0.717, 1.165) is 21.5 Å². The van der Waals surface area contributed by atoms with Gasteiger partial charge in [0, 0.05) is 21.1 Å². The predicted octanol–water partition coefficient (Wildman–Crippen LogP) is 6.68. The molecule has 0 saturated heterocycles. The predicted molar refractivity (Wildman–Crippen MR) is 142 cm³/mol. The SMILES string of the molecule is O=C(O)C1(Nc2cccc(Br)c2)CCC2(CC1)C(C#CCOc1ccccc1)=Cc1ccccc12. The highest BCUT2D eigenvalue weighted by Crippen LogP contribution is 2.53. The van der Waals surface area contributed by atoms with E-state index in [1.165, 1.54) is 11.1 Å². The maximum atomic E-state index is 12.5. The molecule has 4 nitrogen and oxygen atoms in total. The van der Waals surface area contributed by atoms with Crippen LogP contribution in [0.5, 0.6) is 5.75 Å².